The lowest BCUT2D eigenvalue weighted by atomic mass is 9.95. The van der Waals surface area contributed by atoms with Gasteiger partial charge in [0.2, 0.25) is 0 Å². The van der Waals surface area contributed by atoms with E-state index in [1.54, 1.807) is 36.4 Å². The predicted molar refractivity (Wildman–Crippen MR) is 91.2 cm³/mol. The molecule has 26 heavy (non-hydrogen) atoms. The van der Waals surface area contributed by atoms with E-state index >= 15 is 0 Å². The molecule has 0 heterocycles. The molecule has 0 fully saturated rings. The van der Waals surface area contributed by atoms with Crippen molar-refractivity contribution in [3.63, 3.8) is 0 Å². The van der Waals surface area contributed by atoms with Gasteiger partial charge in [-0.3, -0.25) is 9.59 Å². The second-order valence-electron chi connectivity index (χ2n) is 5.69. The summed E-state index contributed by atoms with van der Waals surface area (Å²) in [4.78, 5) is 25.1. The second-order valence-corrected chi connectivity index (χ2v) is 5.69. The molecule has 0 atom stereocenters. The lowest BCUT2D eigenvalue weighted by molar-refractivity contribution is -0.137. The summed E-state index contributed by atoms with van der Waals surface area (Å²) >= 11 is 0. The largest absolute Gasteiger partial charge is 0.416 e. The van der Waals surface area contributed by atoms with E-state index in [4.69, 9.17) is 0 Å². The third kappa shape index (κ3) is 3.72. The highest BCUT2D eigenvalue weighted by Gasteiger charge is 2.32. The number of halogens is 3. The summed E-state index contributed by atoms with van der Waals surface area (Å²) in [7, 11) is 0. The highest BCUT2D eigenvalue weighted by Crippen LogP contribution is 2.31. The van der Waals surface area contributed by atoms with Crippen molar-refractivity contribution in [2.75, 3.05) is 0 Å². The van der Waals surface area contributed by atoms with Crippen LogP contribution in [-0.4, -0.2) is 11.6 Å². The molecule has 0 spiro atoms. The van der Waals surface area contributed by atoms with Crippen molar-refractivity contribution in [2.45, 2.75) is 6.18 Å². The number of carbonyl (C=O) groups is 2. The molecule has 0 unspecified atom stereocenters. The maximum Gasteiger partial charge on any atom is 0.416 e. The SMILES string of the molecule is O=C(c1ccccc1)c1cc(C(=O)c2ccccc2)cc(C(F)(F)F)c1. The normalized spacial score (nSPS) is 11.2. The minimum absolute atomic E-state index is 0.176. The Labute approximate surface area is 147 Å². The van der Waals surface area contributed by atoms with Crippen LogP contribution in [0.4, 0.5) is 13.2 Å². The maximum absolute atomic E-state index is 13.3. The van der Waals surface area contributed by atoms with Gasteiger partial charge in [0.05, 0.1) is 5.56 Å². The lowest BCUT2D eigenvalue weighted by Crippen LogP contribution is -2.12. The number of alkyl halides is 3. The van der Waals surface area contributed by atoms with Crippen molar-refractivity contribution in [3.8, 4) is 0 Å². The summed E-state index contributed by atoms with van der Waals surface area (Å²) in [6, 6.07) is 18.7. The zero-order chi connectivity index (χ0) is 18.7. The van der Waals surface area contributed by atoms with E-state index in [2.05, 4.69) is 0 Å². The first-order chi connectivity index (χ1) is 12.4. The molecule has 0 bridgehead atoms. The molecule has 3 aromatic rings. The first kappa shape index (κ1) is 17.6. The topological polar surface area (TPSA) is 34.1 Å². The number of ketones is 2. The number of hydrogen-bond acceptors (Lipinski definition) is 2. The van der Waals surface area contributed by atoms with E-state index in [1.165, 1.54) is 30.3 Å². The van der Waals surface area contributed by atoms with Gasteiger partial charge in [-0.25, -0.2) is 0 Å². The van der Waals surface area contributed by atoms with Crippen LogP contribution in [0, 0.1) is 0 Å². The van der Waals surface area contributed by atoms with Gasteiger partial charge in [-0.15, -0.1) is 0 Å². The standard InChI is InChI=1S/C21H13F3O2/c22-21(23,24)18-12-16(19(25)14-7-3-1-4-8-14)11-17(13-18)20(26)15-9-5-2-6-10-15/h1-13H. The quantitative estimate of drug-likeness (QED) is 0.606. The van der Waals surface area contributed by atoms with Crippen LogP contribution in [0.15, 0.2) is 78.9 Å². The molecule has 0 radical (unpaired) electrons. The van der Waals surface area contributed by atoms with Crippen molar-refractivity contribution in [2.24, 2.45) is 0 Å². The van der Waals surface area contributed by atoms with E-state index < -0.39 is 23.3 Å². The Bertz CT molecular complexity index is 876. The Kier molecular flexibility index (Phi) is 4.71. The third-order valence-corrected chi connectivity index (χ3v) is 3.86. The van der Waals surface area contributed by atoms with Crippen molar-refractivity contribution < 1.29 is 22.8 Å². The molecule has 130 valence electrons. The molecular formula is C21H13F3O2. The van der Waals surface area contributed by atoms with Crippen LogP contribution in [-0.2, 0) is 6.18 Å². The number of carbonyl (C=O) groups excluding carboxylic acids is 2. The molecule has 0 N–H and O–H groups in total. The summed E-state index contributed by atoms with van der Waals surface area (Å²) in [6.07, 6.45) is -4.67. The Balaban J connectivity index is 2.11. The van der Waals surface area contributed by atoms with Crippen LogP contribution >= 0.6 is 0 Å². The first-order valence-corrected chi connectivity index (χ1v) is 7.78. The molecule has 0 aliphatic carbocycles. The average molecular weight is 354 g/mol. The van der Waals surface area contributed by atoms with E-state index in [0.29, 0.717) is 0 Å². The van der Waals surface area contributed by atoms with Gasteiger partial charge in [0.1, 0.15) is 0 Å². The molecule has 0 saturated carbocycles. The highest BCUT2D eigenvalue weighted by atomic mass is 19.4. The zero-order valence-electron chi connectivity index (χ0n) is 13.5. The number of rotatable bonds is 4. The van der Waals surface area contributed by atoms with E-state index in [-0.39, 0.29) is 22.3 Å². The van der Waals surface area contributed by atoms with Crippen LogP contribution in [0.5, 0.6) is 0 Å². The molecule has 0 aliphatic heterocycles. The van der Waals surface area contributed by atoms with Crippen LogP contribution < -0.4 is 0 Å². The van der Waals surface area contributed by atoms with Gasteiger partial charge in [-0.05, 0) is 18.2 Å². The molecule has 5 heteroatoms. The molecule has 0 aliphatic rings. The Hall–Kier alpha value is -3.21. The number of hydrogen-bond donors (Lipinski definition) is 0. The molecular weight excluding hydrogens is 341 g/mol. The molecule has 0 amide bonds. The first-order valence-electron chi connectivity index (χ1n) is 7.78. The fourth-order valence-corrected chi connectivity index (χ4v) is 2.57. The molecule has 2 nitrogen and oxygen atoms in total. The third-order valence-electron chi connectivity index (χ3n) is 3.86. The van der Waals surface area contributed by atoms with Crippen LogP contribution in [0.1, 0.15) is 37.4 Å². The fraction of sp³-hybridized carbons (Fsp3) is 0.0476. The van der Waals surface area contributed by atoms with Gasteiger partial charge in [0.15, 0.2) is 11.6 Å². The maximum atomic E-state index is 13.3. The Morgan fingerprint density at radius 2 is 0.962 bits per heavy atom. The summed E-state index contributed by atoms with van der Waals surface area (Å²) in [5.41, 5.74) is -0.871. The molecule has 3 aromatic carbocycles. The zero-order valence-corrected chi connectivity index (χ0v) is 13.5. The molecule has 0 aromatic heterocycles. The monoisotopic (exact) mass is 354 g/mol. The summed E-state index contributed by atoms with van der Waals surface area (Å²) < 4.78 is 39.8. The fourth-order valence-electron chi connectivity index (χ4n) is 2.57. The van der Waals surface area contributed by atoms with Crippen molar-refractivity contribution >= 4 is 11.6 Å². The summed E-state index contributed by atoms with van der Waals surface area (Å²) in [6.45, 7) is 0. The van der Waals surface area contributed by atoms with Gasteiger partial charge in [-0.1, -0.05) is 60.7 Å². The van der Waals surface area contributed by atoms with Crippen molar-refractivity contribution in [1.29, 1.82) is 0 Å². The Morgan fingerprint density at radius 3 is 1.31 bits per heavy atom. The minimum Gasteiger partial charge on any atom is -0.289 e. The van der Waals surface area contributed by atoms with Gasteiger partial charge >= 0.3 is 6.18 Å². The van der Waals surface area contributed by atoms with Crippen molar-refractivity contribution in [1.82, 2.24) is 0 Å². The second kappa shape index (κ2) is 6.96. The Morgan fingerprint density at radius 1 is 0.577 bits per heavy atom. The highest BCUT2D eigenvalue weighted by molar-refractivity contribution is 6.13. The summed E-state index contributed by atoms with van der Waals surface area (Å²) in [5, 5.41) is 0. The summed E-state index contributed by atoms with van der Waals surface area (Å²) in [5.74, 6) is -1.14. The predicted octanol–water partition coefficient (Wildman–Crippen LogP) is 5.17. The van der Waals surface area contributed by atoms with Gasteiger partial charge in [0.25, 0.3) is 0 Å². The van der Waals surface area contributed by atoms with E-state index in [1.807, 2.05) is 0 Å². The molecule has 3 rings (SSSR count). The minimum atomic E-state index is -4.67. The van der Waals surface area contributed by atoms with E-state index in [0.717, 1.165) is 12.1 Å². The van der Waals surface area contributed by atoms with Gasteiger partial charge in [-0.2, -0.15) is 13.2 Å². The molecule has 0 saturated heterocycles. The van der Waals surface area contributed by atoms with Crippen LogP contribution in [0.3, 0.4) is 0 Å². The van der Waals surface area contributed by atoms with Gasteiger partial charge < -0.3 is 0 Å². The average Bonchev–Trinajstić information content (AvgIpc) is 2.67. The van der Waals surface area contributed by atoms with Crippen molar-refractivity contribution in [3.05, 3.63) is 107 Å². The smallest absolute Gasteiger partial charge is 0.289 e. The lowest BCUT2D eigenvalue weighted by Gasteiger charge is -2.12. The van der Waals surface area contributed by atoms with Gasteiger partial charge in [0, 0.05) is 22.3 Å². The van der Waals surface area contributed by atoms with Crippen LogP contribution in [0.25, 0.3) is 0 Å². The van der Waals surface area contributed by atoms with Crippen LogP contribution in [0.2, 0.25) is 0 Å². The number of benzene rings is 3. The van der Waals surface area contributed by atoms with E-state index in [9.17, 15) is 22.8 Å².